The van der Waals surface area contributed by atoms with E-state index >= 15 is 0 Å². The monoisotopic (exact) mass is 316 g/mol. The molecular formula is C14H21ClN2O2S. The number of sulfonamides is 1. The minimum Gasteiger partial charge on any atom is -0.314 e. The Balaban J connectivity index is 1.66. The van der Waals surface area contributed by atoms with Crippen molar-refractivity contribution < 1.29 is 8.42 Å². The Bertz CT molecular complexity index is 530. The van der Waals surface area contributed by atoms with E-state index in [1.807, 2.05) is 18.2 Å². The maximum absolute atomic E-state index is 11.8. The van der Waals surface area contributed by atoms with Crippen LogP contribution in [-0.2, 0) is 16.6 Å². The normalized spacial score (nSPS) is 15.4. The topological polar surface area (TPSA) is 58.2 Å². The highest BCUT2D eigenvalue weighted by atomic mass is 35.5. The molecule has 0 saturated heterocycles. The van der Waals surface area contributed by atoms with Crippen LogP contribution in [0.3, 0.4) is 0 Å². The van der Waals surface area contributed by atoms with Gasteiger partial charge in [0.1, 0.15) is 0 Å². The lowest BCUT2D eigenvalue weighted by molar-refractivity contribution is 0.573. The van der Waals surface area contributed by atoms with E-state index in [0.717, 1.165) is 18.5 Å². The Morgan fingerprint density at radius 3 is 2.65 bits per heavy atom. The Morgan fingerprint density at radius 2 is 1.95 bits per heavy atom. The lowest BCUT2D eigenvalue weighted by Gasteiger charge is -2.08. The molecular weight excluding hydrogens is 296 g/mol. The summed E-state index contributed by atoms with van der Waals surface area (Å²) in [6.45, 7) is 1.16. The van der Waals surface area contributed by atoms with Crippen LogP contribution in [0.25, 0.3) is 0 Å². The number of hydrogen-bond donors (Lipinski definition) is 2. The summed E-state index contributed by atoms with van der Waals surface area (Å²) in [6.07, 6.45) is 4.09. The first-order valence-electron chi connectivity index (χ1n) is 7.01. The largest absolute Gasteiger partial charge is 0.314 e. The molecule has 2 N–H and O–H groups in total. The fourth-order valence-corrected chi connectivity index (χ4v) is 3.22. The Morgan fingerprint density at radius 1 is 1.20 bits per heavy atom. The summed E-state index contributed by atoms with van der Waals surface area (Å²) in [5.41, 5.74) is 0.799. The molecule has 0 amide bonds. The molecule has 20 heavy (non-hydrogen) atoms. The van der Waals surface area contributed by atoms with Crippen molar-refractivity contribution in [1.29, 1.82) is 0 Å². The van der Waals surface area contributed by atoms with E-state index in [4.69, 9.17) is 11.6 Å². The van der Waals surface area contributed by atoms with E-state index < -0.39 is 10.0 Å². The van der Waals surface area contributed by atoms with Gasteiger partial charge in [0.05, 0.1) is 5.75 Å². The fourth-order valence-electron chi connectivity index (χ4n) is 1.91. The fraction of sp³-hybridized carbons (Fsp3) is 0.571. The lowest BCUT2D eigenvalue weighted by Crippen LogP contribution is -2.26. The Labute approximate surface area is 126 Å². The maximum atomic E-state index is 11.8. The second-order valence-electron chi connectivity index (χ2n) is 5.17. The van der Waals surface area contributed by atoms with Gasteiger partial charge in [-0.3, -0.25) is 0 Å². The maximum Gasteiger partial charge on any atom is 0.211 e. The third kappa shape index (κ3) is 5.79. The quantitative estimate of drug-likeness (QED) is 0.687. The Kier molecular flexibility index (Phi) is 5.84. The molecule has 1 fully saturated rings. The molecule has 0 radical (unpaired) electrons. The average Bonchev–Trinajstić information content (AvgIpc) is 3.21. The van der Waals surface area contributed by atoms with Crippen LogP contribution in [-0.4, -0.2) is 26.8 Å². The van der Waals surface area contributed by atoms with Crippen molar-refractivity contribution in [2.75, 3.05) is 12.3 Å². The van der Waals surface area contributed by atoms with Crippen molar-refractivity contribution in [1.82, 2.24) is 10.0 Å². The van der Waals surface area contributed by atoms with Crippen LogP contribution >= 0.6 is 11.6 Å². The first-order chi connectivity index (χ1) is 9.57. The molecule has 6 heteroatoms. The van der Waals surface area contributed by atoms with Gasteiger partial charge in [-0.25, -0.2) is 13.1 Å². The van der Waals surface area contributed by atoms with Gasteiger partial charge in [-0.15, -0.1) is 0 Å². The summed E-state index contributed by atoms with van der Waals surface area (Å²) < 4.78 is 26.3. The van der Waals surface area contributed by atoms with Crippen LogP contribution in [0.15, 0.2) is 24.3 Å². The van der Waals surface area contributed by atoms with Gasteiger partial charge in [0.25, 0.3) is 0 Å². The minimum absolute atomic E-state index is 0.170. The number of rotatable bonds is 9. The number of halogens is 1. The highest BCUT2D eigenvalue weighted by molar-refractivity contribution is 7.89. The second kappa shape index (κ2) is 7.41. The summed E-state index contributed by atoms with van der Waals surface area (Å²) in [7, 11) is -3.22. The first-order valence-corrected chi connectivity index (χ1v) is 9.04. The zero-order valence-corrected chi connectivity index (χ0v) is 13.0. The molecule has 4 nitrogen and oxygen atoms in total. The molecule has 1 aromatic carbocycles. The summed E-state index contributed by atoms with van der Waals surface area (Å²) in [4.78, 5) is 0. The van der Waals surface area contributed by atoms with Crippen molar-refractivity contribution in [3.8, 4) is 0 Å². The van der Waals surface area contributed by atoms with Gasteiger partial charge in [0.15, 0.2) is 0 Å². The number of benzene rings is 1. The van der Waals surface area contributed by atoms with Crippen LogP contribution in [0.2, 0.25) is 5.02 Å². The molecule has 0 aliphatic heterocycles. The van der Waals surface area contributed by atoms with Crippen molar-refractivity contribution >= 4 is 21.6 Å². The van der Waals surface area contributed by atoms with Gasteiger partial charge in [0.2, 0.25) is 10.0 Å². The van der Waals surface area contributed by atoms with Crippen molar-refractivity contribution in [3.05, 3.63) is 34.9 Å². The molecule has 0 aromatic heterocycles. The van der Waals surface area contributed by atoms with Gasteiger partial charge >= 0.3 is 0 Å². The molecule has 2 rings (SSSR count). The van der Waals surface area contributed by atoms with Crippen LogP contribution in [0.1, 0.15) is 31.2 Å². The molecule has 1 aliphatic rings. The van der Waals surface area contributed by atoms with Gasteiger partial charge in [-0.1, -0.05) is 29.8 Å². The highest BCUT2D eigenvalue weighted by Gasteiger charge is 2.19. The number of nitrogens with one attached hydrogen (secondary N) is 2. The summed E-state index contributed by atoms with van der Waals surface area (Å²) in [5.74, 6) is 0.170. The molecule has 1 aliphatic carbocycles. The molecule has 1 aromatic rings. The second-order valence-corrected chi connectivity index (χ2v) is 7.50. The molecule has 112 valence electrons. The van der Waals surface area contributed by atoms with Crippen molar-refractivity contribution in [3.63, 3.8) is 0 Å². The lowest BCUT2D eigenvalue weighted by atomic mass is 10.2. The molecule has 0 atom stereocenters. The van der Waals surface area contributed by atoms with Crippen LogP contribution in [0, 0.1) is 0 Å². The van der Waals surface area contributed by atoms with E-state index in [1.165, 1.54) is 12.8 Å². The summed E-state index contributed by atoms with van der Waals surface area (Å²) in [5, 5.41) is 3.96. The van der Waals surface area contributed by atoms with Crippen molar-refractivity contribution in [2.24, 2.45) is 0 Å². The number of unbranched alkanes of at least 4 members (excludes halogenated alkanes) is 1. The summed E-state index contributed by atoms with van der Waals surface area (Å²) >= 11 is 5.99. The molecule has 0 bridgehead atoms. The first kappa shape index (κ1) is 15.8. The van der Waals surface area contributed by atoms with E-state index in [9.17, 15) is 8.42 Å². The van der Waals surface area contributed by atoms with E-state index in [1.54, 1.807) is 6.07 Å². The Hall–Kier alpha value is -0.620. The van der Waals surface area contributed by atoms with E-state index in [-0.39, 0.29) is 12.3 Å². The molecule has 1 saturated carbocycles. The van der Waals surface area contributed by atoms with Gasteiger partial charge in [-0.2, -0.15) is 0 Å². The van der Waals surface area contributed by atoms with Crippen molar-refractivity contribution in [2.45, 2.75) is 38.3 Å². The average molecular weight is 317 g/mol. The van der Waals surface area contributed by atoms with Gasteiger partial charge < -0.3 is 5.32 Å². The molecule has 0 heterocycles. The van der Waals surface area contributed by atoms with Crippen LogP contribution in [0.5, 0.6) is 0 Å². The van der Waals surface area contributed by atoms with E-state index in [2.05, 4.69) is 10.0 Å². The van der Waals surface area contributed by atoms with Gasteiger partial charge in [0, 0.05) is 17.6 Å². The molecule has 0 unspecified atom stereocenters. The van der Waals surface area contributed by atoms with E-state index in [0.29, 0.717) is 17.5 Å². The minimum atomic E-state index is -3.22. The highest BCUT2D eigenvalue weighted by Crippen LogP contribution is 2.18. The number of hydrogen-bond acceptors (Lipinski definition) is 3. The summed E-state index contributed by atoms with van der Waals surface area (Å²) in [6, 6.07) is 7.94. The predicted molar refractivity (Wildman–Crippen MR) is 82.3 cm³/mol. The zero-order valence-electron chi connectivity index (χ0n) is 11.4. The third-order valence-corrected chi connectivity index (χ3v) is 5.07. The standard InChI is InChI=1S/C14H21ClN2O2S/c15-14-6-2-1-5-12(14)11-17-20(18,19)10-4-3-9-16-13-7-8-13/h1-2,5-6,13,16-17H,3-4,7-11H2. The van der Waals surface area contributed by atoms with Gasteiger partial charge in [-0.05, 0) is 43.9 Å². The third-order valence-electron chi connectivity index (χ3n) is 3.29. The smallest absolute Gasteiger partial charge is 0.211 e. The van der Waals surface area contributed by atoms with Crippen LogP contribution in [0.4, 0.5) is 0 Å². The van der Waals surface area contributed by atoms with Crippen LogP contribution < -0.4 is 10.0 Å². The zero-order chi connectivity index (χ0) is 14.4. The SMILES string of the molecule is O=S(=O)(CCCCNC1CC1)NCc1ccccc1Cl. The molecule has 0 spiro atoms. The predicted octanol–water partition coefficient (Wildman–Crippen LogP) is 2.29.